The second-order valence-corrected chi connectivity index (χ2v) is 6.25. The highest BCUT2D eigenvalue weighted by atomic mass is 15.1. The summed E-state index contributed by atoms with van der Waals surface area (Å²) in [6.07, 6.45) is 0. The van der Waals surface area contributed by atoms with Crippen molar-refractivity contribution in [1.29, 1.82) is 0 Å². The van der Waals surface area contributed by atoms with Crippen LogP contribution in [0.15, 0.2) is 12.1 Å². The highest BCUT2D eigenvalue weighted by Crippen LogP contribution is 2.20. The topological polar surface area (TPSA) is 9.72 Å². The Balaban J connectivity index is 3.13. The van der Waals surface area contributed by atoms with E-state index in [4.69, 9.17) is 0 Å². The van der Waals surface area contributed by atoms with Crippen molar-refractivity contribution in [3.63, 3.8) is 0 Å². The molecule has 3 nitrogen and oxygen atoms in total. The third-order valence-corrected chi connectivity index (χ3v) is 3.15. The molecular formula is C16H29N3. The van der Waals surface area contributed by atoms with Gasteiger partial charge in [-0.3, -0.25) is 0 Å². The first-order valence-electron chi connectivity index (χ1n) is 6.85. The number of nitrogens with zero attached hydrogens (tertiary/aromatic N) is 3. The molecule has 1 aromatic carbocycles. The fraction of sp³-hybridized carbons (Fsp3) is 0.625. The van der Waals surface area contributed by atoms with E-state index < -0.39 is 0 Å². The van der Waals surface area contributed by atoms with Crippen LogP contribution in [0, 0.1) is 6.92 Å². The van der Waals surface area contributed by atoms with Crippen LogP contribution in [0.1, 0.15) is 22.3 Å². The minimum Gasteiger partial charge on any atom is -0.305 e. The van der Waals surface area contributed by atoms with Gasteiger partial charge in [0.25, 0.3) is 0 Å². The van der Waals surface area contributed by atoms with Gasteiger partial charge in [0.2, 0.25) is 0 Å². The molecule has 108 valence electrons. The lowest BCUT2D eigenvalue weighted by Crippen LogP contribution is -2.17. The zero-order chi connectivity index (χ0) is 14.6. The summed E-state index contributed by atoms with van der Waals surface area (Å²) in [5.74, 6) is 0. The van der Waals surface area contributed by atoms with Crippen LogP contribution in [-0.4, -0.2) is 57.0 Å². The van der Waals surface area contributed by atoms with E-state index in [0.717, 1.165) is 19.6 Å². The summed E-state index contributed by atoms with van der Waals surface area (Å²) < 4.78 is 0. The Hall–Kier alpha value is -0.900. The lowest BCUT2D eigenvalue weighted by Gasteiger charge is -2.20. The van der Waals surface area contributed by atoms with Crippen LogP contribution >= 0.6 is 0 Å². The summed E-state index contributed by atoms with van der Waals surface area (Å²) >= 11 is 0. The summed E-state index contributed by atoms with van der Waals surface area (Å²) in [6, 6.07) is 4.71. The van der Waals surface area contributed by atoms with Gasteiger partial charge in [0.1, 0.15) is 0 Å². The predicted molar refractivity (Wildman–Crippen MR) is 83.4 cm³/mol. The average molecular weight is 263 g/mol. The zero-order valence-corrected chi connectivity index (χ0v) is 13.6. The van der Waals surface area contributed by atoms with Crippen molar-refractivity contribution in [3.8, 4) is 0 Å². The maximum absolute atomic E-state index is 2.36. The molecule has 0 aliphatic rings. The molecule has 0 bridgehead atoms. The Bertz CT molecular complexity index is 377. The third kappa shape index (κ3) is 5.31. The van der Waals surface area contributed by atoms with Crippen molar-refractivity contribution < 1.29 is 0 Å². The standard InChI is InChI=1S/C16H29N3/c1-13-15(11-18(4)5)8-14(10-17(2)3)9-16(13)12-19(6)7/h8-9H,10-12H2,1-7H3. The molecule has 3 heteroatoms. The molecule has 1 rings (SSSR count). The molecule has 0 radical (unpaired) electrons. The molecule has 0 spiro atoms. The molecule has 0 atom stereocenters. The third-order valence-electron chi connectivity index (χ3n) is 3.15. The van der Waals surface area contributed by atoms with Crippen molar-refractivity contribution in [2.75, 3.05) is 42.3 Å². The second kappa shape index (κ2) is 7.04. The van der Waals surface area contributed by atoms with Gasteiger partial charge in [0, 0.05) is 19.6 Å². The van der Waals surface area contributed by atoms with Gasteiger partial charge in [-0.1, -0.05) is 12.1 Å². The fourth-order valence-electron chi connectivity index (χ4n) is 2.38. The molecule has 0 aliphatic heterocycles. The van der Waals surface area contributed by atoms with Crippen LogP contribution in [0.5, 0.6) is 0 Å². The minimum atomic E-state index is 1.00. The highest BCUT2D eigenvalue weighted by molar-refractivity contribution is 5.38. The molecule has 0 saturated carbocycles. The Morgan fingerprint density at radius 1 is 0.684 bits per heavy atom. The quantitative estimate of drug-likeness (QED) is 0.779. The molecule has 0 aliphatic carbocycles. The van der Waals surface area contributed by atoms with Gasteiger partial charge >= 0.3 is 0 Å². The maximum Gasteiger partial charge on any atom is 0.0230 e. The highest BCUT2D eigenvalue weighted by Gasteiger charge is 2.09. The van der Waals surface area contributed by atoms with Crippen LogP contribution in [0.3, 0.4) is 0 Å². The SMILES string of the molecule is Cc1c(CN(C)C)cc(CN(C)C)cc1CN(C)C. The molecule has 0 N–H and O–H groups in total. The molecule has 0 amide bonds. The zero-order valence-electron chi connectivity index (χ0n) is 13.6. The van der Waals surface area contributed by atoms with Crippen molar-refractivity contribution in [1.82, 2.24) is 14.7 Å². The van der Waals surface area contributed by atoms with Gasteiger partial charge in [0.15, 0.2) is 0 Å². The molecular weight excluding hydrogens is 234 g/mol. The monoisotopic (exact) mass is 263 g/mol. The van der Waals surface area contributed by atoms with Crippen molar-refractivity contribution in [2.45, 2.75) is 26.6 Å². The Morgan fingerprint density at radius 2 is 1.05 bits per heavy atom. The van der Waals surface area contributed by atoms with Crippen LogP contribution in [-0.2, 0) is 19.6 Å². The van der Waals surface area contributed by atoms with Gasteiger partial charge in [-0.2, -0.15) is 0 Å². The lowest BCUT2D eigenvalue weighted by atomic mass is 9.97. The molecule has 19 heavy (non-hydrogen) atoms. The predicted octanol–water partition coefficient (Wildman–Crippen LogP) is 2.18. The first-order chi connectivity index (χ1) is 8.79. The number of hydrogen-bond acceptors (Lipinski definition) is 3. The Kier molecular flexibility index (Phi) is 5.98. The first kappa shape index (κ1) is 16.2. The van der Waals surface area contributed by atoms with E-state index in [2.05, 4.69) is 76.0 Å². The lowest BCUT2D eigenvalue weighted by molar-refractivity contribution is 0.387. The minimum absolute atomic E-state index is 1.00. The van der Waals surface area contributed by atoms with Gasteiger partial charge in [-0.15, -0.1) is 0 Å². The van der Waals surface area contributed by atoms with E-state index >= 15 is 0 Å². The van der Waals surface area contributed by atoms with Crippen LogP contribution in [0.25, 0.3) is 0 Å². The van der Waals surface area contributed by atoms with E-state index in [0.29, 0.717) is 0 Å². The molecule has 0 aromatic heterocycles. The number of hydrogen-bond donors (Lipinski definition) is 0. The van der Waals surface area contributed by atoms with Crippen LogP contribution in [0.4, 0.5) is 0 Å². The van der Waals surface area contributed by atoms with Crippen LogP contribution in [0.2, 0.25) is 0 Å². The number of rotatable bonds is 6. The number of benzene rings is 1. The maximum atomic E-state index is 2.36. The molecule has 0 heterocycles. The molecule has 0 fully saturated rings. The summed E-state index contributed by atoms with van der Waals surface area (Å²) in [5.41, 5.74) is 5.73. The van der Waals surface area contributed by atoms with E-state index in [1.54, 1.807) is 0 Å². The fourth-order valence-corrected chi connectivity index (χ4v) is 2.38. The molecule has 0 saturated heterocycles. The van der Waals surface area contributed by atoms with Crippen molar-refractivity contribution in [2.24, 2.45) is 0 Å². The average Bonchev–Trinajstić information content (AvgIpc) is 2.22. The largest absolute Gasteiger partial charge is 0.305 e. The van der Waals surface area contributed by atoms with E-state index in [-0.39, 0.29) is 0 Å². The van der Waals surface area contributed by atoms with Crippen LogP contribution < -0.4 is 0 Å². The van der Waals surface area contributed by atoms with Gasteiger partial charge < -0.3 is 14.7 Å². The summed E-state index contributed by atoms with van der Waals surface area (Å²) in [6.45, 7) is 5.26. The van der Waals surface area contributed by atoms with E-state index in [1.165, 1.54) is 22.3 Å². The summed E-state index contributed by atoms with van der Waals surface area (Å²) in [7, 11) is 12.8. The Labute approximate surface area is 118 Å². The van der Waals surface area contributed by atoms with E-state index in [9.17, 15) is 0 Å². The normalized spacial score (nSPS) is 11.9. The van der Waals surface area contributed by atoms with Gasteiger partial charge in [-0.05, 0) is 71.5 Å². The molecule has 1 aromatic rings. The molecule has 0 unspecified atom stereocenters. The van der Waals surface area contributed by atoms with Crippen molar-refractivity contribution >= 4 is 0 Å². The van der Waals surface area contributed by atoms with Gasteiger partial charge in [-0.25, -0.2) is 0 Å². The Morgan fingerprint density at radius 3 is 1.37 bits per heavy atom. The first-order valence-corrected chi connectivity index (χ1v) is 6.85. The summed E-state index contributed by atoms with van der Waals surface area (Å²) in [4.78, 5) is 6.70. The van der Waals surface area contributed by atoms with Gasteiger partial charge in [0.05, 0.1) is 0 Å². The van der Waals surface area contributed by atoms with E-state index in [1.807, 2.05) is 0 Å². The second-order valence-electron chi connectivity index (χ2n) is 6.25. The van der Waals surface area contributed by atoms with Crippen molar-refractivity contribution in [3.05, 3.63) is 34.4 Å². The summed E-state index contributed by atoms with van der Waals surface area (Å²) in [5, 5.41) is 0. The smallest absolute Gasteiger partial charge is 0.0230 e.